The smallest absolute Gasteiger partial charge is 0.162 e. The van der Waals surface area contributed by atoms with Crippen molar-refractivity contribution in [3.63, 3.8) is 0 Å². The molecule has 0 bridgehead atoms. The van der Waals surface area contributed by atoms with Gasteiger partial charge >= 0.3 is 0 Å². The van der Waals surface area contributed by atoms with Crippen molar-refractivity contribution in [3.8, 4) is 11.4 Å². The van der Waals surface area contributed by atoms with Gasteiger partial charge in [-0.1, -0.05) is 6.07 Å². The third-order valence-electron chi connectivity index (χ3n) is 3.75. The summed E-state index contributed by atoms with van der Waals surface area (Å²) >= 11 is 0. The minimum absolute atomic E-state index is 0.322. The van der Waals surface area contributed by atoms with Crippen molar-refractivity contribution in [2.45, 2.75) is 0 Å². The van der Waals surface area contributed by atoms with E-state index in [1.165, 1.54) is 12.1 Å². The highest BCUT2D eigenvalue weighted by atomic mass is 19.1. The average Bonchev–Trinajstić information content (AvgIpc) is 2.63. The Morgan fingerprint density at radius 3 is 2.56 bits per heavy atom. The minimum Gasteiger partial charge on any atom is -0.399 e. The van der Waals surface area contributed by atoms with E-state index >= 15 is 0 Å². The lowest BCUT2D eigenvalue weighted by Crippen LogP contribution is -2.00. The first kappa shape index (κ1) is 15.0. The van der Waals surface area contributed by atoms with Crippen LogP contribution in [0.4, 0.5) is 21.6 Å². The first-order valence-corrected chi connectivity index (χ1v) is 7.69. The Morgan fingerprint density at radius 2 is 1.76 bits per heavy atom. The van der Waals surface area contributed by atoms with E-state index in [4.69, 9.17) is 5.73 Å². The topological polar surface area (TPSA) is 76.7 Å². The third-order valence-corrected chi connectivity index (χ3v) is 3.75. The number of nitrogen functional groups attached to an aromatic ring is 1. The average molecular weight is 331 g/mol. The molecule has 0 saturated heterocycles. The van der Waals surface area contributed by atoms with Crippen molar-refractivity contribution >= 4 is 28.1 Å². The van der Waals surface area contributed by atoms with Crippen LogP contribution in [0.2, 0.25) is 0 Å². The second-order valence-corrected chi connectivity index (χ2v) is 5.54. The summed E-state index contributed by atoms with van der Waals surface area (Å²) in [6.45, 7) is 0. The van der Waals surface area contributed by atoms with Gasteiger partial charge in [-0.2, -0.15) is 0 Å². The van der Waals surface area contributed by atoms with E-state index in [0.29, 0.717) is 23.0 Å². The SMILES string of the molecule is Nc1ccc2nc(-c3ccncc3)nc(Nc3cccc(F)c3)c2c1. The molecule has 6 heteroatoms. The first-order chi connectivity index (χ1) is 12.2. The number of hydrogen-bond acceptors (Lipinski definition) is 5. The highest BCUT2D eigenvalue weighted by Crippen LogP contribution is 2.28. The number of rotatable bonds is 3. The molecule has 0 fully saturated rings. The van der Waals surface area contributed by atoms with Crippen LogP contribution >= 0.6 is 0 Å². The van der Waals surface area contributed by atoms with Gasteiger partial charge in [0.15, 0.2) is 5.82 Å². The number of nitrogens with zero attached hydrogens (tertiary/aromatic N) is 3. The number of pyridine rings is 1. The van der Waals surface area contributed by atoms with Crippen molar-refractivity contribution in [2.75, 3.05) is 11.1 Å². The number of nitrogens with two attached hydrogens (primary N) is 1. The molecule has 0 spiro atoms. The maximum atomic E-state index is 13.5. The largest absolute Gasteiger partial charge is 0.399 e. The lowest BCUT2D eigenvalue weighted by molar-refractivity contribution is 0.628. The fourth-order valence-corrected chi connectivity index (χ4v) is 2.57. The van der Waals surface area contributed by atoms with E-state index in [1.54, 1.807) is 36.7 Å². The number of halogens is 1. The lowest BCUT2D eigenvalue weighted by Gasteiger charge is -2.11. The van der Waals surface area contributed by atoms with Crippen molar-refractivity contribution in [1.82, 2.24) is 15.0 Å². The van der Waals surface area contributed by atoms with Gasteiger partial charge in [-0.15, -0.1) is 0 Å². The third kappa shape index (κ3) is 3.10. The molecule has 4 aromatic rings. The minimum atomic E-state index is -0.322. The quantitative estimate of drug-likeness (QED) is 0.551. The zero-order chi connectivity index (χ0) is 17.2. The van der Waals surface area contributed by atoms with Crippen LogP contribution < -0.4 is 11.1 Å². The van der Waals surface area contributed by atoms with Gasteiger partial charge in [-0.3, -0.25) is 4.98 Å². The molecule has 25 heavy (non-hydrogen) atoms. The summed E-state index contributed by atoms with van der Waals surface area (Å²) in [4.78, 5) is 13.2. The second kappa shape index (κ2) is 6.16. The molecule has 2 aromatic heterocycles. The maximum absolute atomic E-state index is 13.5. The van der Waals surface area contributed by atoms with E-state index in [-0.39, 0.29) is 5.82 Å². The van der Waals surface area contributed by atoms with Crippen molar-refractivity contribution in [1.29, 1.82) is 0 Å². The zero-order valence-corrected chi connectivity index (χ0v) is 13.1. The highest BCUT2D eigenvalue weighted by molar-refractivity contribution is 5.94. The molecule has 0 aliphatic heterocycles. The van der Waals surface area contributed by atoms with Gasteiger partial charge in [0.2, 0.25) is 0 Å². The zero-order valence-electron chi connectivity index (χ0n) is 13.1. The molecular weight excluding hydrogens is 317 g/mol. The molecule has 0 atom stereocenters. The molecular formula is C19H14FN5. The molecule has 3 N–H and O–H groups in total. The van der Waals surface area contributed by atoms with Crippen LogP contribution in [-0.4, -0.2) is 15.0 Å². The van der Waals surface area contributed by atoms with Gasteiger partial charge in [0, 0.05) is 34.7 Å². The van der Waals surface area contributed by atoms with Crippen molar-refractivity contribution < 1.29 is 4.39 Å². The first-order valence-electron chi connectivity index (χ1n) is 7.69. The maximum Gasteiger partial charge on any atom is 0.162 e. The number of hydrogen-bond donors (Lipinski definition) is 2. The van der Waals surface area contributed by atoms with Crippen LogP contribution in [0.1, 0.15) is 0 Å². The number of aromatic nitrogens is 3. The van der Waals surface area contributed by atoms with E-state index in [9.17, 15) is 4.39 Å². The second-order valence-electron chi connectivity index (χ2n) is 5.54. The van der Waals surface area contributed by atoms with Gasteiger partial charge in [-0.05, 0) is 48.5 Å². The summed E-state index contributed by atoms with van der Waals surface area (Å²) in [5.41, 5.74) is 8.70. The summed E-state index contributed by atoms with van der Waals surface area (Å²) in [6.07, 6.45) is 3.37. The monoisotopic (exact) mass is 331 g/mol. The Balaban J connectivity index is 1.89. The van der Waals surface area contributed by atoms with Gasteiger partial charge in [0.25, 0.3) is 0 Å². The summed E-state index contributed by atoms with van der Waals surface area (Å²) in [5, 5.41) is 3.93. The highest BCUT2D eigenvalue weighted by Gasteiger charge is 2.10. The fraction of sp³-hybridized carbons (Fsp3) is 0. The van der Waals surface area contributed by atoms with Crippen LogP contribution in [0.5, 0.6) is 0 Å². The predicted octanol–water partition coefficient (Wildman–Crippen LogP) is 4.16. The van der Waals surface area contributed by atoms with Gasteiger partial charge in [-0.25, -0.2) is 14.4 Å². The van der Waals surface area contributed by atoms with E-state index in [2.05, 4.69) is 20.3 Å². The lowest BCUT2D eigenvalue weighted by atomic mass is 10.2. The van der Waals surface area contributed by atoms with Crippen molar-refractivity contribution in [3.05, 3.63) is 72.8 Å². The van der Waals surface area contributed by atoms with Crippen molar-refractivity contribution in [2.24, 2.45) is 0 Å². The molecule has 0 saturated carbocycles. The Kier molecular flexibility index (Phi) is 3.70. The van der Waals surface area contributed by atoms with Crippen LogP contribution in [0.15, 0.2) is 67.0 Å². The molecule has 0 aliphatic carbocycles. The number of fused-ring (bicyclic) bond motifs is 1. The van der Waals surface area contributed by atoms with E-state index in [1.807, 2.05) is 18.2 Å². The Bertz CT molecular complexity index is 1050. The van der Waals surface area contributed by atoms with E-state index < -0.39 is 0 Å². The standard InChI is InChI=1S/C19H14FN5/c20-13-2-1-3-15(10-13)23-19-16-11-14(21)4-5-17(16)24-18(25-19)12-6-8-22-9-7-12/h1-11H,21H2,(H,23,24,25). The van der Waals surface area contributed by atoms with Gasteiger partial charge in [0.1, 0.15) is 11.6 Å². The van der Waals surface area contributed by atoms with E-state index in [0.717, 1.165) is 16.5 Å². The summed E-state index contributed by atoms with van der Waals surface area (Å²) in [5.74, 6) is 0.797. The number of benzene rings is 2. The number of anilines is 3. The molecule has 122 valence electrons. The molecule has 0 amide bonds. The fourth-order valence-electron chi connectivity index (χ4n) is 2.57. The molecule has 0 unspecified atom stereocenters. The van der Waals surface area contributed by atoms with Crippen LogP contribution in [0.3, 0.4) is 0 Å². The normalized spacial score (nSPS) is 10.8. The van der Waals surface area contributed by atoms with Gasteiger partial charge < -0.3 is 11.1 Å². The predicted molar refractivity (Wildman–Crippen MR) is 96.9 cm³/mol. The summed E-state index contributed by atoms with van der Waals surface area (Å²) in [6, 6.07) is 15.3. The van der Waals surface area contributed by atoms with Crippen LogP contribution in [-0.2, 0) is 0 Å². The Hall–Kier alpha value is -3.54. The molecule has 2 heterocycles. The molecule has 0 aliphatic rings. The molecule has 4 rings (SSSR count). The summed E-state index contributed by atoms with van der Waals surface area (Å²) < 4.78 is 13.5. The molecule has 5 nitrogen and oxygen atoms in total. The molecule has 0 radical (unpaired) electrons. The summed E-state index contributed by atoms with van der Waals surface area (Å²) in [7, 11) is 0. The van der Waals surface area contributed by atoms with Crippen LogP contribution in [0, 0.1) is 5.82 Å². The Morgan fingerprint density at radius 1 is 0.920 bits per heavy atom. The Labute approximate surface area is 143 Å². The van der Waals surface area contributed by atoms with Crippen LogP contribution in [0.25, 0.3) is 22.3 Å². The van der Waals surface area contributed by atoms with Gasteiger partial charge in [0.05, 0.1) is 5.52 Å². The molecule has 2 aromatic carbocycles. The number of nitrogens with one attached hydrogen (secondary N) is 1.